The number of methoxy groups -OCH3 is 1. The van der Waals surface area contributed by atoms with Crippen molar-refractivity contribution in [2.45, 2.75) is 31.7 Å². The lowest BCUT2D eigenvalue weighted by Crippen LogP contribution is -2.27. The van der Waals surface area contributed by atoms with Gasteiger partial charge >= 0.3 is 0 Å². The van der Waals surface area contributed by atoms with Crippen LogP contribution in [0.5, 0.6) is 17.2 Å². The van der Waals surface area contributed by atoms with Crippen molar-refractivity contribution in [1.82, 2.24) is 4.72 Å². The van der Waals surface area contributed by atoms with Gasteiger partial charge in [-0.3, -0.25) is 0 Å². The van der Waals surface area contributed by atoms with Gasteiger partial charge in [-0.25, -0.2) is 13.1 Å². The van der Waals surface area contributed by atoms with Crippen LogP contribution in [0.3, 0.4) is 0 Å². The maximum Gasteiger partial charge on any atom is 0.241 e. The lowest BCUT2D eigenvalue weighted by Gasteiger charge is -2.21. The molecule has 0 fully saturated rings. The zero-order valence-electron chi connectivity index (χ0n) is 15.3. The quantitative estimate of drug-likeness (QED) is 0.867. The number of hydrogen-bond acceptors (Lipinski definition) is 5. The van der Waals surface area contributed by atoms with Gasteiger partial charge in [0.15, 0.2) is 11.5 Å². The summed E-state index contributed by atoms with van der Waals surface area (Å²) in [5.41, 5.74) is 2.21. The Bertz CT molecular complexity index is 924. The van der Waals surface area contributed by atoms with E-state index in [1.165, 1.54) is 0 Å². The summed E-state index contributed by atoms with van der Waals surface area (Å²) in [5.74, 6) is 1.98. The Hall–Kier alpha value is -2.25. The molecule has 6 nitrogen and oxygen atoms in total. The SMILES string of the molecule is COc1cc(C)c(S(=O)(=O)N[C@@H](C)c2ccc3c(c2)OCCO3)cc1C. The highest BCUT2D eigenvalue weighted by Gasteiger charge is 2.23. The van der Waals surface area contributed by atoms with E-state index in [9.17, 15) is 8.42 Å². The van der Waals surface area contributed by atoms with E-state index in [4.69, 9.17) is 14.2 Å². The van der Waals surface area contributed by atoms with Crippen LogP contribution >= 0.6 is 0 Å². The molecule has 26 heavy (non-hydrogen) atoms. The van der Waals surface area contributed by atoms with E-state index >= 15 is 0 Å². The molecule has 0 saturated carbocycles. The van der Waals surface area contributed by atoms with Gasteiger partial charge in [0.05, 0.1) is 12.0 Å². The predicted octanol–water partition coefficient (Wildman–Crippen LogP) is 3.12. The Kier molecular flexibility index (Phi) is 5.11. The minimum absolute atomic E-state index is 0.250. The molecule has 0 unspecified atom stereocenters. The fraction of sp³-hybridized carbons (Fsp3) is 0.368. The van der Waals surface area contributed by atoms with Crippen LogP contribution in [0.4, 0.5) is 0 Å². The zero-order valence-corrected chi connectivity index (χ0v) is 16.1. The number of nitrogens with one attached hydrogen (secondary N) is 1. The Morgan fingerprint density at radius 2 is 1.73 bits per heavy atom. The van der Waals surface area contributed by atoms with Crippen LogP contribution in [0.1, 0.15) is 29.7 Å². The van der Waals surface area contributed by atoms with E-state index in [1.54, 1.807) is 39.2 Å². The molecule has 2 aromatic carbocycles. The molecule has 0 bridgehead atoms. The Balaban J connectivity index is 1.86. The van der Waals surface area contributed by atoms with Gasteiger partial charge in [-0.2, -0.15) is 0 Å². The van der Waals surface area contributed by atoms with Gasteiger partial charge in [0.1, 0.15) is 19.0 Å². The molecule has 1 N–H and O–H groups in total. The molecule has 140 valence electrons. The second-order valence-corrected chi connectivity index (χ2v) is 8.02. The predicted molar refractivity (Wildman–Crippen MR) is 98.6 cm³/mol. The molecule has 1 atom stereocenters. The van der Waals surface area contributed by atoms with Gasteiger partial charge in [0, 0.05) is 6.04 Å². The number of fused-ring (bicyclic) bond motifs is 1. The summed E-state index contributed by atoms with van der Waals surface area (Å²) in [6.07, 6.45) is 0. The lowest BCUT2D eigenvalue weighted by atomic mass is 10.1. The molecule has 0 radical (unpaired) electrons. The third-order valence-corrected chi connectivity index (χ3v) is 6.06. The molecular formula is C19H23NO5S. The van der Waals surface area contributed by atoms with Crippen LogP contribution < -0.4 is 18.9 Å². The van der Waals surface area contributed by atoms with Crippen molar-refractivity contribution in [1.29, 1.82) is 0 Å². The largest absolute Gasteiger partial charge is 0.496 e. The molecular weight excluding hydrogens is 354 g/mol. The van der Waals surface area contributed by atoms with Crippen molar-refractivity contribution in [2.24, 2.45) is 0 Å². The molecule has 3 rings (SSSR count). The topological polar surface area (TPSA) is 73.9 Å². The maximum absolute atomic E-state index is 12.9. The fourth-order valence-electron chi connectivity index (χ4n) is 2.97. The Morgan fingerprint density at radius 3 is 2.42 bits per heavy atom. The van der Waals surface area contributed by atoms with Gasteiger partial charge in [0.2, 0.25) is 10.0 Å². The van der Waals surface area contributed by atoms with Crippen molar-refractivity contribution >= 4 is 10.0 Å². The monoisotopic (exact) mass is 377 g/mol. The highest BCUT2D eigenvalue weighted by atomic mass is 32.2. The van der Waals surface area contributed by atoms with E-state index in [2.05, 4.69) is 4.72 Å². The first-order valence-electron chi connectivity index (χ1n) is 8.39. The number of ether oxygens (including phenoxy) is 3. The van der Waals surface area contributed by atoms with Crippen LogP contribution in [-0.2, 0) is 10.0 Å². The van der Waals surface area contributed by atoms with Crippen LogP contribution in [0.25, 0.3) is 0 Å². The van der Waals surface area contributed by atoms with Crippen LogP contribution in [-0.4, -0.2) is 28.7 Å². The van der Waals surface area contributed by atoms with Crippen molar-refractivity contribution in [2.75, 3.05) is 20.3 Å². The first-order chi connectivity index (χ1) is 12.3. The third kappa shape index (κ3) is 3.64. The normalized spacial score (nSPS) is 14.8. The van der Waals surface area contributed by atoms with E-state index in [-0.39, 0.29) is 4.90 Å². The molecule has 7 heteroatoms. The first-order valence-corrected chi connectivity index (χ1v) is 9.87. The highest BCUT2D eigenvalue weighted by molar-refractivity contribution is 7.89. The first kappa shape index (κ1) is 18.5. The standard InChI is InChI=1S/C19H23NO5S/c1-12-10-19(13(2)9-17(12)23-4)26(21,22)20-14(3)15-5-6-16-18(11-15)25-8-7-24-16/h5-6,9-11,14,20H,7-8H2,1-4H3/t14-/m0/s1. The van der Waals surface area contributed by atoms with Crippen LogP contribution in [0.15, 0.2) is 35.2 Å². The van der Waals surface area contributed by atoms with Gasteiger partial charge in [-0.1, -0.05) is 6.07 Å². The van der Waals surface area contributed by atoms with Gasteiger partial charge in [0.25, 0.3) is 0 Å². The summed E-state index contributed by atoms with van der Waals surface area (Å²) in [7, 11) is -2.12. The Morgan fingerprint density at radius 1 is 1.04 bits per heavy atom. The molecule has 1 heterocycles. The zero-order chi connectivity index (χ0) is 18.9. The molecule has 1 aliphatic heterocycles. The Labute approximate surface area is 154 Å². The van der Waals surface area contributed by atoms with E-state index in [0.29, 0.717) is 36.0 Å². The van der Waals surface area contributed by atoms with Gasteiger partial charge < -0.3 is 14.2 Å². The van der Waals surface area contributed by atoms with Crippen molar-refractivity contribution < 1.29 is 22.6 Å². The molecule has 0 saturated heterocycles. The number of benzene rings is 2. The van der Waals surface area contributed by atoms with E-state index in [1.807, 2.05) is 19.1 Å². The maximum atomic E-state index is 12.9. The number of hydrogen-bond donors (Lipinski definition) is 1. The molecule has 1 aliphatic rings. The van der Waals surface area contributed by atoms with E-state index < -0.39 is 16.1 Å². The molecule has 2 aromatic rings. The highest BCUT2D eigenvalue weighted by Crippen LogP contribution is 2.33. The molecule has 0 spiro atoms. The molecule has 0 amide bonds. The smallest absolute Gasteiger partial charge is 0.241 e. The second kappa shape index (κ2) is 7.17. The average Bonchev–Trinajstić information content (AvgIpc) is 2.62. The summed E-state index contributed by atoms with van der Waals surface area (Å²) < 4.78 is 44.8. The number of sulfonamides is 1. The van der Waals surface area contributed by atoms with E-state index in [0.717, 1.165) is 11.1 Å². The number of aryl methyl sites for hydroxylation is 2. The molecule has 0 aromatic heterocycles. The fourth-order valence-corrected chi connectivity index (χ4v) is 4.51. The summed E-state index contributed by atoms with van der Waals surface area (Å²) in [4.78, 5) is 0.250. The lowest BCUT2D eigenvalue weighted by molar-refractivity contribution is 0.171. The third-order valence-electron chi connectivity index (χ3n) is 4.38. The van der Waals surface area contributed by atoms with Crippen molar-refractivity contribution in [3.05, 3.63) is 47.0 Å². The minimum atomic E-state index is -3.68. The summed E-state index contributed by atoms with van der Waals surface area (Å²) in [5, 5.41) is 0. The molecule has 0 aliphatic carbocycles. The summed E-state index contributed by atoms with van der Waals surface area (Å²) >= 11 is 0. The average molecular weight is 377 g/mol. The minimum Gasteiger partial charge on any atom is -0.496 e. The van der Waals surface area contributed by atoms with Crippen LogP contribution in [0.2, 0.25) is 0 Å². The van der Waals surface area contributed by atoms with Crippen molar-refractivity contribution in [3.63, 3.8) is 0 Å². The van der Waals surface area contributed by atoms with Gasteiger partial charge in [-0.15, -0.1) is 0 Å². The summed E-state index contributed by atoms with van der Waals surface area (Å²) in [6, 6.07) is 8.40. The number of rotatable bonds is 5. The van der Waals surface area contributed by atoms with Gasteiger partial charge in [-0.05, 0) is 61.7 Å². The second-order valence-electron chi connectivity index (χ2n) is 6.33. The van der Waals surface area contributed by atoms with Crippen LogP contribution in [0, 0.1) is 13.8 Å². The van der Waals surface area contributed by atoms with Crippen molar-refractivity contribution in [3.8, 4) is 17.2 Å². The summed E-state index contributed by atoms with van der Waals surface area (Å²) in [6.45, 7) is 6.38.